The first-order valence-electron chi connectivity index (χ1n) is 9.54. The summed E-state index contributed by atoms with van der Waals surface area (Å²) < 4.78 is 0. The van der Waals surface area contributed by atoms with Gasteiger partial charge in [-0.2, -0.15) is 0 Å². The van der Waals surface area contributed by atoms with Crippen molar-refractivity contribution in [1.82, 2.24) is 15.5 Å². The normalized spacial score (nSPS) is 17.0. The van der Waals surface area contributed by atoms with Crippen LogP contribution in [0.4, 0.5) is 0 Å². The van der Waals surface area contributed by atoms with Crippen LogP contribution in [0.5, 0.6) is 0 Å². The largest absolute Gasteiger partial charge is 0.396 e. The van der Waals surface area contributed by atoms with Crippen molar-refractivity contribution in [1.29, 1.82) is 0 Å². The van der Waals surface area contributed by atoms with Crippen molar-refractivity contribution in [3.8, 4) is 0 Å². The van der Waals surface area contributed by atoms with E-state index < -0.39 is 0 Å². The molecule has 1 aliphatic rings. The summed E-state index contributed by atoms with van der Waals surface area (Å²) in [5.74, 6) is 1.40. The minimum absolute atomic E-state index is 0. The number of aliphatic hydroxyl groups is 1. The van der Waals surface area contributed by atoms with Gasteiger partial charge in [0.05, 0.1) is 0 Å². The quantitative estimate of drug-likeness (QED) is 0.255. The molecule has 1 aliphatic carbocycles. The highest BCUT2D eigenvalue weighted by Crippen LogP contribution is 2.21. The van der Waals surface area contributed by atoms with Crippen molar-refractivity contribution in [3.63, 3.8) is 0 Å². The molecule has 0 amide bonds. The second-order valence-corrected chi connectivity index (χ2v) is 6.73. The van der Waals surface area contributed by atoms with Gasteiger partial charge >= 0.3 is 0 Å². The molecule has 144 valence electrons. The summed E-state index contributed by atoms with van der Waals surface area (Å²) in [7, 11) is 2.24. The number of likely N-dealkylation sites (N-methyl/N-ethyl adjacent to an activating group) is 1. The molecule has 0 aromatic rings. The summed E-state index contributed by atoms with van der Waals surface area (Å²) >= 11 is 0. The molecule has 1 atom stereocenters. The predicted octanol–water partition coefficient (Wildman–Crippen LogP) is 2.83. The third-order valence-electron chi connectivity index (χ3n) is 4.79. The van der Waals surface area contributed by atoms with Gasteiger partial charge in [-0.3, -0.25) is 4.99 Å². The van der Waals surface area contributed by atoms with Gasteiger partial charge in [-0.25, -0.2) is 0 Å². The van der Waals surface area contributed by atoms with E-state index in [1.54, 1.807) is 0 Å². The van der Waals surface area contributed by atoms with Crippen LogP contribution in [0.3, 0.4) is 0 Å². The fourth-order valence-corrected chi connectivity index (χ4v) is 3.36. The maximum Gasteiger partial charge on any atom is 0.191 e. The fraction of sp³-hybridized carbons (Fsp3) is 0.944. The molecule has 1 fully saturated rings. The Bertz CT molecular complexity index is 316. The third kappa shape index (κ3) is 10.0. The van der Waals surface area contributed by atoms with Gasteiger partial charge in [-0.15, -0.1) is 24.0 Å². The Morgan fingerprint density at radius 3 is 2.50 bits per heavy atom. The second kappa shape index (κ2) is 15.2. The Hall–Kier alpha value is -0.0800. The summed E-state index contributed by atoms with van der Waals surface area (Å²) in [4.78, 5) is 7.19. The molecular weight excluding hydrogens is 415 g/mol. The van der Waals surface area contributed by atoms with E-state index in [1.165, 1.54) is 25.7 Å². The lowest BCUT2D eigenvalue weighted by Gasteiger charge is -2.24. The number of rotatable bonds is 11. The summed E-state index contributed by atoms with van der Waals surface area (Å²) in [6.45, 7) is 8.21. The van der Waals surface area contributed by atoms with Crippen molar-refractivity contribution in [2.75, 3.05) is 39.8 Å². The standard InChI is InChI=1S/C18H38N4O.HI/c1-4-8-16(11-14-23)15-21-18(19-5-2)20-12-13-22(3)17-9-6-7-10-17;/h16-17,23H,4-15H2,1-3H3,(H2,19,20,21);1H. The van der Waals surface area contributed by atoms with Crippen LogP contribution in [-0.4, -0.2) is 61.8 Å². The van der Waals surface area contributed by atoms with E-state index in [2.05, 4.69) is 36.4 Å². The minimum atomic E-state index is 0. The van der Waals surface area contributed by atoms with Crippen LogP contribution < -0.4 is 10.6 Å². The molecule has 0 aromatic heterocycles. The third-order valence-corrected chi connectivity index (χ3v) is 4.79. The van der Waals surface area contributed by atoms with E-state index >= 15 is 0 Å². The maximum atomic E-state index is 9.15. The molecule has 0 bridgehead atoms. The molecule has 0 saturated heterocycles. The molecule has 0 heterocycles. The van der Waals surface area contributed by atoms with E-state index in [9.17, 15) is 0 Å². The first-order valence-corrected chi connectivity index (χ1v) is 9.54. The number of nitrogens with zero attached hydrogens (tertiary/aromatic N) is 2. The minimum Gasteiger partial charge on any atom is -0.396 e. The fourth-order valence-electron chi connectivity index (χ4n) is 3.36. The molecule has 6 heteroatoms. The molecule has 0 radical (unpaired) electrons. The van der Waals surface area contributed by atoms with Gasteiger partial charge in [0, 0.05) is 38.8 Å². The molecule has 1 saturated carbocycles. The maximum absolute atomic E-state index is 9.15. The molecule has 0 aromatic carbocycles. The van der Waals surface area contributed by atoms with Crippen molar-refractivity contribution in [3.05, 3.63) is 0 Å². The van der Waals surface area contributed by atoms with Gasteiger partial charge < -0.3 is 20.6 Å². The van der Waals surface area contributed by atoms with E-state index in [0.29, 0.717) is 5.92 Å². The Morgan fingerprint density at radius 2 is 1.92 bits per heavy atom. The number of guanidine groups is 1. The highest BCUT2D eigenvalue weighted by atomic mass is 127. The van der Waals surface area contributed by atoms with E-state index in [1.807, 2.05) is 0 Å². The zero-order valence-electron chi connectivity index (χ0n) is 15.9. The summed E-state index contributed by atoms with van der Waals surface area (Å²) in [6.07, 6.45) is 8.60. The highest BCUT2D eigenvalue weighted by molar-refractivity contribution is 14.0. The Labute approximate surface area is 166 Å². The van der Waals surface area contributed by atoms with E-state index in [4.69, 9.17) is 10.1 Å². The average Bonchev–Trinajstić information content (AvgIpc) is 3.07. The molecule has 0 spiro atoms. The SMILES string of the molecule is CCCC(CCO)CN=C(NCC)NCCN(C)C1CCCC1.I. The molecule has 0 aliphatic heterocycles. The zero-order chi connectivity index (χ0) is 16.9. The lowest BCUT2D eigenvalue weighted by atomic mass is 10.0. The van der Waals surface area contributed by atoms with Gasteiger partial charge in [-0.1, -0.05) is 26.2 Å². The van der Waals surface area contributed by atoms with Crippen LogP contribution in [0.15, 0.2) is 4.99 Å². The van der Waals surface area contributed by atoms with E-state index in [0.717, 1.165) is 57.4 Å². The monoisotopic (exact) mass is 454 g/mol. The van der Waals surface area contributed by atoms with Gasteiger partial charge in [0.2, 0.25) is 0 Å². The first-order chi connectivity index (χ1) is 11.2. The molecule has 1 unspecified atom stereocenters. The van der Waals surface area contributed by atoms with Crippen LogP contribution >= 0.6 is 24.0 Å². The summed E-state index contributed by atoms with van der Waals surface area (Å²) in [5.41, 5.74) is 0. The van der Waals surface area contributed by atoms with Gasteiger partial charge in [0.25, 0.3) is 0 Å². The van der Waals surface area contributed by atoms with Crippen LogP contribution in [0, 0.1) is 5.92 Å². The molecule has 5 nitrogen and oxygen atoms in total. The van der Waals surface area contributed by atoms with Gasteiger partial charge in [0.1, 0.15) is 0 Å². The van der Waals surface area contributed by atoms with Gasteiger partial charge in [-0.05, 0) is 45.6 Å². The van der Waals surface area contributed by atoms with Crippen molar-refractivity contribution in [2.24, 2.45) is 10.9 Å². The smallest absolute Gasteiger partial charge is 0.191 e. The molecule has 3 N–H and O–H groups in total. The number of hydrogen-bond acceptors (Lipinski definition) is 3. The zero-order valence-corrected chi connectivity index (χ0v) is 18.2. The number of halogens is 1. The lowest BCUT2D eigenvalue weighted by Crippen LogP contribution is -2.42. The van der Waals surface area contributed by atoms with Crippen LogP contribution in [0.2, 0.25) is 0 Å². The van der Waals surface area contributed by atoms with Crippen molar-refractivity contribution in [2.45, 2.75) is 64.8 Å². The number of aliphatic hydroxyl groups excluding tert-OH is 1. The average molecular weight is 454 g/mol. The van der Waals surface area contributed by atoms with Crippen LogP contribution in [0.25, 0.3) is 0 Å². The second-order valence-electron chi connectivity index (χ2n) is 6.73. The van der Waals surface area contributed by atoms with Crippen LogP contribution in [-0.2, 0) is 0 Å². The number of nitrogens with one attached hydrogen (secondary N) is 2. The summed E-state index contributed by atoms with van der Waals surface area (Å²) in [5, 5.41) is 15.9. The van der Waals surface area contributed by atoms with Crippen molar-refractivity contribution >= 4 is 29.9 Å². The molecule has 24 heavy (non-hydrogen) atoms. The number of aliphatic imine (C=N–C) groups is 1. The molecule has 1 rings (SSSR count). The van der Waals surface area contributed by atoms with E-state index in [-0.39, 0.29) is 30.6 Å². The highest BCUT2D eigenvalue weighted by Gasteiger charge is 2.18. The summed E-state index contributed by atoms with van der Waals surface area (Å²) in [6, 6.07) is 0.773. The van der Waals surface area contributed by atoms with Crippen molar-refractivity contribution < 1.29 is 5.11 Å². The molecular formula is C18H39IN4O. The Morgan fingerprint density at radius 1 is 1.21 bits per heavy atom. The Balaban J connectivity index is 0.00000529. The number of hydrogen-bond donors (Lipinski definition) is 3. The van der Waals surface area contributed by atoms with Gasteiger partial charge in [0.15, 0.2) is 5.96 Å². The predicted molar refractivity (Wildman–Crippen MR) is 114 cm³/mol. The lowest BCUT2D eigenvalue weighted by molar-refractivity contribution is 0.249. The first kappa shape index (κ1) is 23.9. The topological polar surface area (TPSA) is 59.9 Å². The van der Waals surface area contributed by atoms with Crippen LogP contribution in [0.1, 0.15) is 58.8 Å². The Kier molecular flexibility index (Phi) is 15.1.